The second-order valence-electron chi connectivity index (χ2n) is 17.7. The maximum absolute atomic E-state index is 13.9. The number of ether oxygens (including phenoxy) is 5. The first kappa shape index (κ1) is 50.3. The summed E-state index contributed by atoms with van der Waals surface area (Å²) in [6, 6.07) is 11.0. The number of aromatic hydroxyl groups is 9. The molecule has 0 saturated carbocycles. The first-order valence-electron chi connectivity index (χ1n) is 22.3. The molecule has 394 valence electrons. The minimum absolute atomic E-state index is 0.0763. The molecular weight excluding hydrogens is 1000 g/mol. The molecule has 26 heteroatoms. The fourth-order valence-electron chi connectivity index (χ4n) is 9.30. The normalized spacial score (nSPS) is 24.6. The number of rotatable bonds is 9. The molecule has 75 heavy (non-hydrogen) atoms. The average molecular weight is 1050 g/mol. The van der Waals surface area contributed by atoms with Crippen LogP contribution in [0.3, 0.4) is 0 Å². The maximum atomic E-state index is 13.9. The summed E-state index contributed by atoms with van der Waals surface area (Å²) in [6.45, 7) is -1.76. The van der Waals surface area contributed by atoms with Crippen LogP contribution >= 0.6 is 0 Å². The first-order chi connectivity index (χ1) is 35.6. The number of hydrogen-bond acceptors (Lipinski definition) is 26. The van der Waals surface area contributed by atoms with Crippen molar-refractivity contribution in [3.63, 3.8) is 0 Å². The van der Waals surface area contributed by atoms with E-state index < -0.39 is 182 Å². The Bertz CT molecular complexity index is 3360. The molecule has 3 aliphatic rings. The van der Waals surface area contributed by atoms with Crippen molar-refractivity contribution >= 4 is 21.9 Å². The van der Waals surface area contributed by atoms with Crippen molar-refractivity contribution in [2.24, 2.45) is 0 Å². The van der Waals surface area contributed by atoms with Gasteiger partial charge in [0.15, 0.2) is 57.2 Å². The van der Waals surface area contributed by atoms with Crippen molar-refractivity contribution in [3.8, 4) is 97.4 Å². The van der Waals surface area contributed by atoms with E-state index in [1.807, 2.05) is 0 Å². The lowest BCUT2D eigenvalue weighted by Gasteiger charge is -2.39. The molecule has 0 amide bonds. The van der Waals surface area contributed by atoms with Crippen molar-refractivity contribution in [1.29, 1.82) is 0 Å². The standard InChI is InChI=1S/C49H42O26/c50-11-25-30(59)34(63)38(67)48(69-25)74-44-23(57)9-19(53)28-32(61)36(65)40(71-46(28)44)14-5-17-27(13-2-1-3-16(52)4-13)18-6-15(8-22(56)43(18)73-42(17)21(55)7-14)41-37(66)33(62)29-20(54)10-24(58)45(47(29)72-41)75-49-39(68)35(64)31(60)26(12-51)70-49/h1-10,25-27,30-31,34-35,38-39,48-60,63-68H,11-12H2/t25-,26-,30-,31-,34+,35+,38-,39-,48+,49+/m1/s1. The third kappa shape index (κ3) is 8.08. The Morgan fingerprint density at radius 1 is 0.480 bits per heavy atom. The van der Waals surface area contributed by atoms with Gasteiger partial charge in [-0.25, -0.2) is 0 Å². The van der Waals surface area contributed by atoms with E-state index in [1.165, 1.54) is 36.4 Å². The van der Waals surface area contributed by atoms with E-state index in [4.69, 9.17) is 32.5 Å². The number of aliphatic hydroxyl groups is 8. The molecule has 2 fully saturated rings. The molecule has 5 heterocycles. The summed E-state index contributed by atoms with van der Waals surface area (Å²) in [6.07, 6.45) is -18.7. The van der Waals surface area contributed by atoms with Crippen LogP contribution in [0.15, 0.2) is 79.1 Å². The Labute approximate surface area is 416 Å². The van der Waals surface area contributed by atoms with Gasteiger partial charge in [0.1, 0.15) is 76.9 Å². The third-order valence-corrected chi connectivity index (χ3v) is 13.0. The van der Waals surface area contributed by atoms with Gasteiger partial charge in [0, 0.05) is 40.3 Å². The molecule has 10 atom stereocenters. The number of fused-ring (bicyclic) bond motifs is 4. The minimum Gasteiger partial charge on any atom is -0.508 e. The zero-order valence-corrected chi connectivity index (χ0v) is 37.8. The smallest absolute Gasteiger partial charge is 0.238 e. The lowest BCUT2D eigenvalue weighted by molar-refractivity contribution is -0.277. The largest absolute Gasteiger partial charge is 0.508 e. The van der Waals surface area contributed by atoms with E-state index >= 15 is 0 Å². The molecule has 0 spiro atoms. The number of aliphatic hydroxyl groups excluding tert-OH is 8. The molecule has 17 N–H and O–H groups in total. The summed E-state index contributed by atoms with van der Waals surface area (Å²) in [7, 11) is 0. The van der Waals surface area contributed by atoms with Crippen LogP contribution < -0.4 is 25.1 Å². The van der Waals surface area contributed by atoms with Gasteiger partial charge >= 0.3 is 0 Å². The highest BCUT2D eigenvalue weighted by atomic mass is 16.7. The highest BCUT2D eigenvalue weighted by Gasteiger charge is 2.47. The summed E-state index contributed by atoms with van der Waals surface area (Å²) >= 11 is 0. The number of phenols is 7. The summed E-state index contributed by atoms with van der Waals surface area (Å²) < 4.78 is 40.1. The maximum Gasteiger partial charge on any atom is 0.238 e. The van der Waals surface area contributed by atoms with Crippen LogP contribution in [0.2, 0.25) is 0 Å². The monoisotopic (exact) mass is 1050 g/mol. The molecule has 3 aliphatic heterocycles. The fourth-order valence-corrected chi connectivity index (χ4v) is 9.30. The summed E-state index contributed by atoms with van der Waals surface area (Å²) in [5.74, 6) is -13.2. The Morgan fingerprint density at radius 2 is 0.907 bits per heavy atom. The molecule has 2 aromatic heterocycles. The van der Waals surface area contributed by atoms with Crippen LogP contribution in [-0.2, 0) is 9.47 Å². The van der Waals surface area contributed by atoms with Crippen LogP contribution in [0.4, 0.5) is 0 Å². The van der Waals surface area contributed by atoms with E-state index in [1.54, 1.807) is 0 Å². The Kier molecular flexibility index (Phi) is 12.5. The molecule has 5 aromatic carbocycles. The van der Waals surface area contributed by atoms with Crippen molar-refractivity contribution in [2.75, 3.05) is 13.2 Å². The second kappa shape index (κ2) is 18.6. The van der Waals surface area contributed by atoms with Crippen molar-refractivity contribution in [2.45, 2.75) is 67.3 Å². The zero-order chi connectivity index (χ0) is 53.8. The topological polar surface area (TPSA) is 450 Å². The number of hydrogen-bond donors (Lipinski definition) is 17. The van der Waals surface area contributed by atoms with Crippen molar-refractivity contribution in [1.82, 2.24) is 0 Å². The van der Waals surface area contributed by atoms with Crippen LogP contribution in [0, 0.1) is 0 Å². The van der Waals surface area contributed by atoms with E-state index in [-0.39, 0.29) is 45.1 Å². The van der Waals surface area contributed by atoms with Gasteiger partial charge in [0.25, 0.3) is 0 Å². The summed E-state index contributed by atoms with van der Waals surface area (Å²) in [4.78, 5) is 27.8. The van der Waals surface area contributed by atoms with Gasteiger partial charge < -0.3 is 119 Å². The summed E-state index contributed by atoms with van der Waals surface area (Å²) in [5.41, 5.74) is -4.96. The highest BCUT2D eigenvalue weighted by Crippen LogP contribution is 2.57. The van der Waals surface area contributed by atoms with Gasteiger partial charge in [0.2, 0.25) is 46.4 Å². The Morgan fingerprint density at radius 3 is 1.31 bits per heavy atom. The van der Waals surface area contributed by atoms with Crippen LogP contribution in [0.25, 0.3) is 44.6 Å². The van der Waals surface area contributed by atoms with E-state index in [2.05, 4.69) is 0 Å². The molecule has 0 aliphatic carbocycles. The molecule has 0 radical (unpaired) electrons. The van der Waals surface area contributed by atoms with Gasteiger partial charge in [-0.3, -0.25) is 9.59 Å². The molecule has 7 aromatic rings. The van der Waals surface area contributed by atoms with Crippen LogP contribution in [0.1, 0.15) is 22.6 Å². The molecule has 0 unspecified atom stereocenters. The van der Waals surface area contributed by atoms with Gasteiger partial charge in [-0.15, -0.1) is 0 Å². The first-order valence-corrected chi connectivity index (χ1v) is 22.3. The fraction of sp³-hybridized carbons (Fsp3) is 0.265. The van der Waals surface area contributed by atoms with Crippen LogP contribution in [-0.4, -0.2) is 161 Å². The van der Waals surface area contributed by atoms with Crippen molar-refractivity contribution < 1.29 is 119 Å². The highest BCUT2D eigenvalue weighted by molar-refractivity contribution is 5.95. The van der Waals surface area contributed by atoms with E-state index in [9.17, 15) is 96.4 Å². The summed E-state index contributed by atoms with van der Waals surface area (Å²) in [5, 5.41) is 181. The average Bonchev–Trinajstić information content (AvgIpc) is 3.37. The van der Waals surface area contributed by atoms with Gasteiger partial charge in [0.05, 0.1) is 13.2 Å². The Balaban J connectivity index is 1.13. The van der Waals surface area contributed by atoms with Crippen LogP contribution in [0.5, 0.6) is 74.7 Å². The molecule has 0 bridgehead atoms. The lowest BCUT2D eigenvalue weighted by Crippen LogP contribution is -2.60. The number of benzene rings is 5. The zero-order valence-electron chi connectivity index (χ0n) is 37.8. The van der Waals surface area contributed by atoms with E-state index in [0.717, 1.165) is 12.1 Å². The van der Waals surface area contributed by atoms with Gasteiger partial charge in [-0.2, -0.15) is 0 Å². The van der Waals surface area contributed by atoms with Crippen molar-refractivity contribution in [3.05, 3.63) is 97.8 Å². The lowest BCUT2D eigenvalue weighted by atomic mass is 9.80. The Hall–Kier alpha value is -8.28. The number of phenolic OH excluding ortho intramolecular Hbond substituents is 7. The second-order valence-corrected chi connectivity index (χ2v) is 17.7. The predicted molar refractivity (Wildman–Crippen MR) is 247 cm³/mol. The molecule has 10 rings (SSSR count). The SMILES string of the molecule is O=c1c(O)c(-c2cc(O)c3c(c2)C(c2cccc(O)c2)c2cc(-c4oc5c(O[C@@H]6O[C@H](CO)[C@@H](O)[C@H](O)[C@H]6O)c(O)cc(O)c5c(=O)c4O)cc(O)c2O3)oc2c(O[C@@H]3O[C@H](CO)[C@@H](O)[C@H](O)[C@H]3O)c(O)cc(O)c12. The predicted octanol–water partition coefficient (Wildman–Crippen LogP) is 0.227. The van der Waals surface area contributed by atoms with Gasteiger partial charge in [-0.1, -0.05) is 12.1 Å². The minimum atomic E-state index is -2.05. The molecule has 2 saturated heterocycles. The molecular formula is C49H42O26. The van der Waals surface area contributed by atoms with Gasteiger partial charge in [-0.05, 0) is 42.0 Å². The van der Waals surface area contributed by atoms with E-state index in [0.29, 0.717) is 12.1 Å². The molecule has 26 nitrogen and oxygen atoms in total. The third-order valence-electron chi connectivity index (χ3n) is 13.0. The quantitative estimate of drug-likeness (QED) is 0.0920.